The summed E-state index contributed by atoms with van der Waals surface area (Å²) in [5, 5.41) is 19.8. The number of carboxylic acids is 2. The molecule has 0 atom stereocenters. The van der Waals surface area contributed by atoms with E-state index >= 15 is 0 Å². The molecule has 2 amide bonds. The fourth-order valence-corrected chi connectivity index (χ4v) is 6.60. The van der Waals surface area contributed by atoms with Crippen LogP contribution in [0.1, 0.15) is 181 Å². The smallest absolute Gasteiger partial charge is 0.336 e. The molecule has 2 rings (SSSR count). The number of rotatable bonds is 26. The van der Waals surface area contributed by atoms with Gasteiger partial charge in [0, 0.05) is 10.8 Å². The Hall–Kier alpha value is -3.49. The Balaban J connectivity index is 2.35. The summed E-state index contributed by atoms with van der Waals surface area (Å²) < 4.78 is 12.5. The number of nitrogens with two attached hydrogens (primary N) is 2. The lowest BCUT2D eigenvalue weighted by molar-refractivity contribution is 0.0684. The van der Waals surface area contributed by atoms with Gasteiger partial charge in [-0.1, -0.05) is 110 Å². The molecule has 0 spiro atoms. The number of hydrogen-bond acceptors (Lipinski definition) is 4. The molecule has 0 unspecified atom stereocenters. The quantitative estimate of drug-likeness (QED) is 0.0749. The van der Waals surface area contributed by atoms with Crippen LogP contribution in [0.25, 0.3) is 10.8 Å². The third-order valence-corrected chi connectivity index (χ3v) is 8.97. The Morgan fingerprint density at radius 3 is 1.13 bits per heavy atom. The fraction of sp³-hybridized carbons (Fsp3) is 0.622. The van der Waals surface area contributed by atoms with E-state index in [0.717, 1.165) is 57.1 Å². The number of benzene rings is 2. The van der Waals surface area contributed by atoms with Gasteiger partial charge in [-0.3, -0.25) is 14.0 Å². The molecule has 0 aliphatic heterocycles. The SMILES string of the molecule is CCCCCCCCCCCCCCCc1c(CCCCCCCCF)c(C(N)=O)c2c(C(=O)O)ccc(C(=O)O)c2c1C(N)=O. The summed E-state index contributed by atoms with van der Waals surface area (Å²) in [5.74, 6) is -4.49. The van der Waals surface area contributed by atoms with Crippen LogP contribution >= 0.6 is 0 Å². The van der Waals surface area contributed by atoms with Gasteiger partial charge >= 0.3 is 11.9 Å². The highest BCUT2D eigenvalue weighted by molar-refractivity contribution is 6.24. The van der Waals surface area contributed by atoms with Crippen molar-refractivity contribution in [3.05, 3.63) is 45.5 Å². The lowest BCUT2D eigenvalue weighted by Crippen LogP contribution is -2.24. The van der Waals surface area contributed by atoms with Gasteiger partial charge in [0.1, 0.15) is 0 Å². The summed E-state index contributed by atoms with van der Waals surface area (Å²) in [6, 6.07) is 2.27. The molecule has 0 bridgehead atoms. The number of hydrogen-bond donors (Lipinski definition) is 4. The molecular weight excluding hydrogens is 587 g/mol. The molecule has 0 aliphatic carbocycles. The highest BCUT2D eigenvalue weighted by atomic mass is 19.1. The van der Waals surface area contributed by atoms with Crippen LogP contribution in [0.4, 0.5) is 4.39 Å². The highest BCUT2D eigenvalue weighted by Crippen LogP contribution is 2.37. The number of alkyl halides is 1. The highest BCUT2D eigenvalue weighted by Gasteiger charge is 2.30. The minimum Gasteiger partial charge on any atom is -0.478 e. The third-order valence-electron chi connectivity index (χ3n) is 8.97. The molecule has 0 radical (unpaired) electrons. The second kappa shape index (κ2) is 21.3. The first-order chi connectivity index (χ1) is 22.2. The standard InChI is InChI=1S/C37H55FN2O6/c1-2-3-4-5-6-7-8-9-10-11-12-15-18-21-26-27(22-19-16-13-14-17-20-25-38)33(35(40)42)31-29(37(45)46)24-23-28(36(43)44)30(31)32(26)34(39)41/h23-24H,2-22,25H2,1H3,(H2,39,41)(H2,40,42)(H,43,44)(H,45,46). The maximum atomic E-state index is 13.1. The van der Waals surface area contributed by atoms with E-state index < -0.39 is 23.8 Å². The van der Waals surface area contributed by atoms with Crippen molar-refractivity contribution in [1.82, 2.24) is 0 Å². The van der Waals surface area contributed by atoms with Crippen molar-refractivity contribution in [2.24, 2.45) is 11.5 Å². The average Bonchev–Trinajstić information content (AvgIpc) is 3.01. The van der Waals surface area contributed by atoms with Crippen molar-refractivity contribution >= 4 is 34.5 Å². The van der Waals surface area contributed by atoms with Crippen molar-refractivity contribution in [3.8, 4) is 0 Å². The Bertz CT molecular complexity index is 1310. The predicted molar refractivity (Wildman–Crippen MR) is 182 cm³/mol. The number of amides is 2. The normalized spacial score (nSPS) is 11.3. The summed E-state index contributed by atoms with van der Waals surface area (Å²) in [6.07, 6.45) is 20.3. The average molecular weight is 643 g/mol. The van der Waals surface area contributed by atoms with Crippen LogP contribution in [0.2, 0.25) is 0 Å². The van der Waals surface area contributed by atoms with Gasteiger partial charge in [0.2, 0.25) is 11.8 Å². The summed E-state index contributed by atoms with van der Waals surface area (Å²) in [5.41, 5.74) is 12.1. The number of carboxylic acid groups (broad SMARTS) is 2. The van der Waals surface area contributed by atoms with Crippen LogP contribution in [0.3, 0.4) is 0 Å². The first-order valence-electron chi connectivity index (χ1n) is 17.4. The number of aromatic carboxylic acids is 2. The molecule has 6 N–H and O–H groups in total. The lowest BCUT2D eigenvalue weighted by atomic mass is 9.81. The second-order valence-electron chi connectivity index (χ2n) is 12.5. The van der Waals surface area contributed by atoms with Crippen molar-refractivity contribution in [3.63, 3.8) is 0 Å². The Morgan fingerprint density at radius 1 is 0.543 bits per heavy atom. The number of carbonyl (C=O) groups is 4. The van der Waals surface area contributed by atoms with Crippen LogP contribution in [0.5, 0.6) is 0 Å². The molecule has 0 saturated heterocycles. The zero-order valence-electron chi connectivity index (χ0n) is 27.8. The van der Waals surface area contributed by atoms with Crippen LogP contribution in [0, 0.1) is 0 Å². The Morgan fingerprint density at radius 2 is 0.848 bits per heavy atom. The molecule has 0 saturated carbocycles. The zero-order valence-corrected chi connectivity index (χ0v) is 27.8. The van der Waals surface area contributed by atoms with Crippen LogP contribution in [-0.2, 0) is 12.8 Å². The molecule has 2 aromatic rings. The van der Waals surface area contributed by atoms with Gasteiger partial charge in [-0.2, -0.15) is 0 Å². The molecule has 256 valence electrons. The van der Waals surface area contributed by atoms with Crippen LogP contribution in [-0.4, -0.2) is 40.6 Å². The number of primary amides is 2. The summed E-state index contributed by atoms with van der Waals surface area (Å²) in [6.45, 7) is 1.88. The van der Waals surface area contributed by atoms with Crippen molar-refractivity contribution in [2.75, 3.05) is 6.67 Å². The molecular formula is C37H55FN2O6. The number of fused-ring (bicyclic) bond motifs is 1. The molecule has 0 aromatic heterocycles. The molecule has 0 heterocycles. The van der Waals surface area contributed by atoms with E-state index in [0.29, 0.717) is 43.2 Å². The van der Waals surface area contributed by atoms with Gasteiger partial charge in [-0.15, -0.1) is 0 Å². The number of unbranched alkanes of at least 4 members (excludes halogenated alkanes) is 17. The van der Waals surface area contributed by atoms with Crippen LogP contribution < -0.4 is 11.5 Å². The monoisotopic (exact) mass is 642 g/mol. The van der Waals surface area contributed by atoms with Gasteiger partial charge in [0.05, 0.1) is 28.9 Å². The first-order valence-corrected chi connectivity index (χ1v) is 17.4. The molecule has 8 nitrogen and oxygen atoms in total. The van der Waals surface area contributed by atoms with E-state index in [-0.39, 0.29) is 39.7 Å². The largest absolute Gasteiger partial charge is 0.478 e. The third kappa shape index (κ3) is 11.7. The second-order valence-corrected chi connectivity index (χ2v) is 12.5. The molecule has 9 heteroatoms. The zero-order chi connectivity index (χ0) is 33.9. The summed E-state index contributed by atoms with van der Waals surface area (Å²) in [4.78, 5) is 50.7. The maximum Gasteiger partial charge on any atom is 0.336 e. The van der Waals surface area contributed by atoms with Gasteiger partial charge in [0.15, 0.2) is 0 Å². The topological polar surface area (TPSA) is 161 Å². The van der Waals surface area contributed by atoms with E-state index in [4.69, 9.17) is 11.5 Å². The lowest BCUT2D eigenvalue weighted by Gasteiger charge is -2.22. The first kappa shape index (κ1) is 38.7. The van der Waals surface area contributed by atoms with E-state index in [2.05, 4.69) is 6.92 Å². The molecule has 46 heavy (non-hydrogen) atoms. The Labute approximate surface area is 273 Å². The molecule has 0 fully saturated rings. The van der Waals surface area contributed by atoms with E-state index in [1.807, 2.05) is 0 Å². The van der Waals surface area contributed by atoms with Gasteiger partial charge < -0.3 is 21.7 Å². The van der Waals surface area contributed by atoms with E-state index in [9.17, 15) is 33.8 Å². The number of carbonyl (C=O) groups excluding carboxylic acids is 2. The summed E-state index contributed by atoms with van der Waals surface area (Å²) in [7, 11) is 0. The molecule has 0 aliphatic rings. The fourth-order valence-electron chi connectivity index (χ4n) is 6.60. The van der Waals surface area contributed by atoms with Crippen molar-refractivity contribution < 1.29 is 33.8 Å². The van der Waals surface area contributed by atoms with E-state index in [1.54, 1.807) is 0 Å². The van der Waals surface area contributed by atoms with Crippen molar-refractivity contribution in [2.45, 2.75) is 142 Å². The molecule has 2 aromatic carbocycles. The van der Waals surface area contributed by atoms with E-state index in [1.165, 1.54) is 57.8 Å². The van der Waals surface area contributed by atoms with Gasteiger partial charge in [-0.25, -0.2) is 9.59 Å². The summed E-state index contributed by atoms with van der Waals surface area (Å²) >= 11 is 0. The van der Waals surface area contributed by atoms with Gasteiger partial charge in [0.25, 0.3) is 0 Å². The predicted octanol–water partition coefficient (Wildman–Crippen LogP) is 8.92. The number of halogens is 1. The minimum absolute atomic E-state index is 0.0441. The van der Waals surface area contributed by atoms with Gasteiger partial charge in [-0.05, 0) is 55.4 Å². The maximum absolute atomic E-state index is 13.1. The Kier molecular flexibility index (Phi) is 17.9. The van der Waals surface area contributed by atoms with Crippen molar-refractivity contribution in [1.29, 1.82) is 0 Å². The van der Waals surface area contributed by atoms with Crippen LogP contribution in [0.15, 0.2) is 12.1 Å². The minimum atomic E-state index is -1.37.